The van der Waals surface area contributed by atoms with Gasteiger partial charge in [-0.3, -0.25) is 14.4 Å². The second-order valence-corrected chi connectivity index (χ2v) is 6.77. The molecule has 0 fully saturated rings. The lowest BCUT2D eigenvalue weighted by Crippen LogP contribution is -2.31. The zero-order chi connectivity index (χ0) is 22.2. The van der Waals surface area contributed by atoms with Crippen LogP contribution < -0.4 is 15.4 Å². The van der Waals surface area contributed by atoms with Crippen LogP contribution in [0.15, 0.2) is 71.3 Å². The molecule has 31 heavy (non-hydrogen) atoms. The molecule has 1 aromatic heterocycles. The van der Waals surface area contributed by atoms with Gasteiger partial charge in [0.15, 0.2) is 12.4 Å². The summed E-state index contributed by atoms with van der Waals surface area (Å²) in [6.45, 7) is 0.234. The van der Waals surface area contributed by atoms with Gasteiger partial charge in [-0.05, 0) is 42.0 Å². The van der Waals surface area contributed by atoms with Crippen LogP contribution in [-0.4, -0.2) is 43.3 Å². The Hall–Kier alpha value is -4.07. The first-order valence-electron chi connectivity index (χ1n) is 9.59. The predicted molar refractivity (Wildman–Crippen MR) is 115 cm³/mol. The van der Waals surface area contributed by atoms with Crippen LogP contribution in [0.5, 0.6) is 5.75 Å². The molecule has 0 spiro atoms. The first kappa shape index (κ1) is 21.6. The molecule has 8 heteroatoms. The van der Waals surface area contributed by atoms with Gasteiger partial charge in [-0.25, -0.2) is 0 Å². The predicted octanol–water partition coefficient (Wildman–Crippen LogP) is 2.93. The normalized spacial score (nSPS) is 10.3. The molecule has 2 N–H and O–H groups in total. The van der Waals surface area contributed by atoms with Crippen LogP contribution in [0, 0.1) is 0 Å². The molecule has 0 bridgehead atoms. The third-order valence-electron chi connectivity index (χ3n) is 4.49. The van der Waals surface area contributed by atoms with Gasteiger partial charge < -0.3 is 24.7 Å². The Bertz CT molecular complexity index is 1050. The molecule has 3 aromatic rings. The SMILES string of the molecule is CNC(=O)c1ccc(CN(C)C(=O)COc2cccc(NC(=O)c3ccco3)c2)cc1. The highest BCUT2D eigenvalue weighted by molar-refractivity contribution is 6.02. The summed E-state index contributed by atoms with van der Waals surface area (Å²) < 4.78 is 10.6. The Kier molecular flexibility index (Phi) is 7.05. The molecule has 160 valence electrons. The number of carbonyl (C=O) groups is 3. The number of likely N-dealkylation sites (N-methyl/N-ethyl adjacent to an activating group) is 1. The summed E-state index contributed by atoms with van der Waals surface area (Å²) in [5.74, 6) is -0.0897. The van der Waals surface area contributed by atoms with Gasteiger partial charge in [0.1, 0.15) is 5.75 Å². The number of rotatable bonds is 8. The number of hydrogen-bond acceptors (Lipinski definition) is 5. The largest absolute Gasteiger partial charge is 0.484 e. The zero-order valence-corrected chi connectivity index (χ0v) is 17.3. The molecule has 8 nitrogen and oxygen atoms in total. The topological polar surface area (TPSA) is 101 Å². The number of hydrogen-bond donors (Lipinski definition) is 2. The Labute approximate surface area is 179 Å². The molecule has 0 saturated heterocycles. The lowest BCUT2D eigenvalue weighted by Gasteiger charge is -2.18. The molecule has 0 aliphatic rings. The van der Waals surface area contributed by atoms with E-state index in [9.17, 15) is 14.4 Å². The molecule has 0 radical (unpaired) electrons. The highest BCUT2D eigenvalue weighted by Crippen LogP contribution is 2.18. The monoisotopic (exact) mass is 421 g/mol. The van der Waals surface area contributed by atoms with E-state index in [1.807, 2.05) is 0 Å². The minimum atomic E-state index is -0.375. The van der Waals surface area contributed by atoms with Gasteiger partial charge in [-0.2, -0.15) is 0 Å². The maximum atomic E-state index is 12.4. The Balaban J connectivity index is 1.51. The van der Waals surface area contributed by atoms with Crippen LogP contribution in [0.25, 0.3) is 0 Å². The summed E-state index contributed by atoms with van der Waals surface area (Å²) in [4.78, 5) is 37.6. The highest BCUT2D eigenvalue weighted by Gasteiger charge is 2.12. The van der Waals surface area contributed by atoms with Crippen molar-refractivity contribution in [3.8, 4) is 5.75 Å². The van der Waals surface area contributed by atoms with E-state index in [1.165, 1.54) is 11.2 Å². The highest BCUT2D eigenvalue weighted by atomic mass is 16.5. The average Bonchev–Trinajstić information content (AvgIpc) is 3.33. The summed E-state index contributed by atoms with van der Waals surface area (Å²) in [6, 6.07) is 17.0. The van der Waals surface area contributed by atoms with Gasteiger partial charge in [0.05, 0.1) is 6.26 Å². The fourth-order valence-corrected chi connectivity index (χ4v) is 2.79. The Morgan fingerprint density at radius 1 is 1.00 bits per heavy atom. The van der Waals surface area contributed by atoms with Gasteiger partial charge >= 0.3 is 0 Å². The summed E-state index contributed by atoms with van der Waals surface area (Å²) >= 11 is 0. The van der Waals surface area contributed by atoms with E-state index in [0.717, 1.165) is 5.56 Å². The van der Waals surface area contributed by atoms with Crippen molar-refractivity contribution < 1.29 is 23.5 Å². The van der Waals surface area contributed by atoms with Crippen molar-refractivity contribution in [2.75, 3.05) is 26.0 Å². The number of benzene rings is 2. The number of furan rings is 1. The molecule has 3 amide bonds. The molecule has 3 rings (SSSR count). The van der Waals surface area contributed by atoms with Gasteiger partial charge in [0.2, 0.25) is 0 Å². The van der Waals surface area contributed by atoms with Gasteiger partial charge in [-0.15, -0.1) is 0 Å². The van der Waals surface area contributed by atoms with Crippen molar-refractivity contribution in [2.24, 2.45) is 0 Å². The van der Waals surface area contributed by atoms with Crippen LogP contribution in [-0.2, 0) is 11.3 Å². The van der Waals surface area contributed by atoms with Crippen molar-refractivity contribution in [3.05, 3.63) is 83.8 Å². The molecule has 0 saturated carbocycles. The van der Waals surface area contributed by atoms with Gasteiger partial charge in [0.25, 0.3) is 17.7 Å². The standard InChI is InChI=1S/C23H23N3O5/c1-24-22(28)17-10-8-16(9-11-17)14-26(2)21(27)15-31-19-6-3-5-18(13-19)25-23(29)20-7-4-12-30-20/h3-13H,14-15H2,1-2H3,(H,24,28)(H,25,29). The van der Waals surface area contributed by atoms with Crippen molar-refractivity contribution in [1.82, 2.24) is 10.2 Å². The zero-order valence-electron chi connectivity index (χ0n) is 17.3. The van der Waals surface area contributed by atoms with Crippen molar-refractivity contribution in [2.45, 2.75) is 6.54 Å². The smallest absolute Gasteiger partial charge is 0.291 e. The van der Waals surface area contributed by atoms with Crippen molar-refractivity contribution in [1.29, 1.82) is 0 Å². The van der Waals surface area contributed by atoms with E-state index >= 15 is 0 Å². The van der Waals surface area contributed by atoms with Crippen LogP contribution in [0.3, 0.4) is 0 Å². The third-order valence-corrected chi connectivity index (χ3v) is 4.49. The lowest BCUT2D eigenvalue weighted by molar-refractivity contribution is -0.132. The number of anilines is 1. The lowest BCUT2D eigenvalue weighted by atomic mass is 10.1. The van der Waals surface area contributed by atoms with Crippen molar-refractivity contribution >= 4 is 23.4 Å². The second kappa shape index (κ2) is 10.1. The quantitative estimate of drug-likeness (QED) is 0.582. The molecule has 0 aliphatic carbocycles. The summed E-state index contributed by atoms with van der Waals surface area (Å²) in [5.41, 5.74) is 1.98. The van der Waals surface area contributed by atoms with E-state index < -0.39 is 0 Å². The van der Waals surface area contributed by atoms with E-state index in [1.54, 1.807) is 74.8 Å². The van der Waals surface area contributed by atoms with Crippen molar-refractivity contribution in [3.63, 3.8) is 0 Å². The number of nitrogens with one attached hydrogen (secondary N) is 2. The number of nitrogens with zero attached hydrogens (tertiary/aromatic N) is 1. The first-order valence-corrected chi connectivity index (χ1v) is 9.59. The van der Waals surface area contributed by atoms with E-state index in [-0.39, 0.29) is 30.1 Å². The van der Waals surface area contributed by atoms with Crippen LogP contribution in [0.4, 0.5) is 5.69 Å². The number of carbonyl (C=O) groups excluding carboxylic acids is 3. The molecule has 0 atom stereocenters. The van der Waals surface area contributed by atoms with Gasteiger partial charge in [-0.1, -0.05) is 18.2 Å². The molecular formula is C23H23N3O5. The van der Waals surface area contributed by atoms with Crippen LogP contribution in [0.1, 0.15) is 26.5 Å². The van der Waals surface area contributed by atoms with E-state index in [4.69, 9.17) is 9.15 Å². The third kappa shape index (κ3) is 5.96. The average molecular weight is 421 g/mol. The summed E-state index contributed by atoms with van der Waals surface area (Å²) in [7, 11) is 3.25. The van der Waals surface area contributed by atoms with Gasteiger partial charge in [0, 0.05) is 38.0 Å². The Morgan fingerprint density at radius 3 is 2.45 bits per heavy atom. The summed E-state index contributed by atoms with van der Waals surface area (Å²) in [5, 5.41) is 5.27. The molecule has 2 aromatic carbocycles. The summed E-state index contributed by atoms with van der Waals surface area (Å²) in [6.07, 6.45) is 1.42. The Morgan fingerprint density at radius 2 is 1.77 bits per heavy atom. The van der Waals surface area contributed by atoms with Crippen LogP contribution in [0.2, 0.25) is 0 Å². The number of amides is 3. The fraction of sp³-hybridized carbons (Fsp3) is 0.174. The van der Waals surface area contributed by atoms with Crippen LogP contribution >= 0.6 is 0 Å². The molecule has 1 heterocycles. The minimum absolute atomic E-state index is 0.150. The van der Waals surface area contributed by atoms with E-state index in [0.29, 0.717) is 23.5 Å². The molecule has 0 aliphatic heterocycles. The molecular weight excluding hydrogens is 398 g/mol. The van der Waals surface area contributed by atoms with E-state index in [2.05, 4.69) is 10.6 Å². The minimum Gasteiger partial charge on any atom is -0.484 e. The number of ether oxygens (including phenoxy) is 1. The first-order chi connectivity index (χ1) is 15.0. The fourth-order valence-electron chi connectivity index (χ4n) is 2.79. The maximum absolute atomic E-state index is 12.4. The second-order valence-electron chi connectivity index (χ2n) is 6.77. The molecule has 0 unspecified atom stereocenters. The maximum Gasteiger partial charge on any atom is 0.291 e.